The molecule has 2 aromatic rings. The number of hydrogen-bond acceptors (Lipinski definition) is 6. The highest BCUT2D eigenvalue weighted by Crippen LogP contribution is 2.23. The van der Waals surface area contributed by atoms with E-state index in [2.05, 4.69) is 15.2 Å². The summed E-state index contributed by atoms with van der Waals surface area (Å²) in [5.41, 5.74) is 2.46. The lowest BCUT2D eigenvalue weighted by atomic mass is 10.1. The van der Waals surface area contributed by atoms with Crippen molar-refractivity contribution in [2.75, 3.05) is 32.8 Å². The van der Waals surface area contributed by atoms with Crippen molar-refractivity contribution < 1.29 is 13.9 Å². The Balaban J connectivity index is 1.71. The van der Waals surface area contributed by atoms with Crippen LogP contribution in [0.2, 0.25) is 0 Å². The van der Waals surface area contributed by atoms with Gasteiger partial charge in [0.1, 0.15) is 16.4 Å². The highest BCUT2D eigenvalue weighted by molar-refractivity contribution is 7.11. The van der Waals surface area contributed by atoms with Crippen molar-refractivity contribution in [2.24, 2.45) is 0 Å². The van der Waals surface area contributed by atoms with Crippen LogP contribution < -0.4 is 5.32 Å². The minimum absolute atomic E-state index is 0.0183. The average molecular weight is 335 g/mol. The van der Waals surface area contributed by atoms with E-state index in [0.717, 1.165) is 30.3 Å². The zero-order valence-electron chi connectivity index (χ0n) is 13.4. The van der Waals surface area contributed by atoms with Gasteiger partial charge in [-0.1, -0.05) is 0 Å². The molecule has 124 valence electrons. The fourth-order valence-corrected chi connectivity index (χ4v) is 3.44. The molecule has 0 aliphatic carbocycles. The first kappa shape index (κ1) is 16.2. The van der Waals surface area contributed by atoms with E-state index in [4.69, 9.17) is 9.15 Å². The molecule has 1 aliphatic rings. The number of hydrogen-bond donors (Lipinski definition) is 1. The summed E-state index contributed by atoms with van der Waals surface area (Å²) in [5, 5.41) is 3.02. The van der Waals surface area contributed by atoms with Gasteiger partial charge in [-0.2, -0.15) is 0 Å². The molecule has 0 radical (unpaired) electrons. The molecule has 3 rings (SSSR count). The number of aromatic nitrogens is 1. The Morgan fingerprint density at radius 3 is 2.78 bits per heavy atom. The third-order valence-corrected chi connectivity index (χ3v) is 4.91. The average Bonchev–Trinajstić information content (AvgIpc) is 3.17. The topological polar surface area (TPSA) is 67.6 Å². The first-order chi connectivity index (χ1) is 11.1. The number of nitrogens with zero attached hydrogens (tertiary/aromatic N) is 2. The fourth-order valence-electron chi connectivity index (χ4n) is 2.72. The minimum Gasteiger partial charge on any atom is -0.465 e. The molecule has 1 saturated heterocycles. The van der Waals surface area contributed by atoms with Crippen molar-refractivity contribution in [2.45, 2.75) is 19.9 Å². The molecule has 23 heavy (non-hydrogen) atoms. The SMILES string of the molecule is Cc1ccc([C@@H](CNC(=O)c2scnc2C)N2CCOCC2)o1. The fraction of sp³-hybridized carbons (Fsp3) is 0.500. The van der Waals surface area contributed by atoms with Gasteiger partial charge in [-0.25, -0.2) is 4.98 Å². The molecule has 1 N–H and O–H groups in total. The molecule has 1 fully saturated rings. The van der Waals surface area contributed by atoms with Gasteiger partial charge in [-0.15, -0.1) is 11.3 Å². The largest absolute Gasteiger partial charge is 0.465 e. The monoisotopic (exact) mass is 335 g/mol. The van der Waals surface area contributed by atoms with Crippen molar-refractivity contribution >= 4 is 17.2 Å². The quantitative estimate of drug-likeness (QED) is 0.907. The van der Waals surface area contributed by atoms with Crippen molar-refractivity contribution in [3.8, 4) is 0 Å². The summed E-state index contributed by atoms with van der Waals surface area (Å²) >= 11 is 1.36. The Hall–Kier alpha value is -1.70. The Labute approximate surface area is 139 Å². The molecule has 7 heteroatoms. The normalized spacial score (nSPS) is 17.1. The molecule has 1 aliphatic heterocycles. The van der Waals surface area contributed by atoms with Gasteiger partial charge in [0.25, 0.3) is 5.91 Å². The molecule has 6 nitrogen and oxygen atoms in total. The number of morpholine rings is 1. The second kappa shape index (κ2) is 7.25. The lowest BCUT2D eigenvalue weighted by Gasteiger charge is -2.33. The van der Waals surface area contributed by atoms with Crippen LogP contribution in [-0.2, 0) is 4.74 Å². The van der Waals surface area contributed by atoms with Crippen molar-refractivity contribution in [3.63, 3.8) is 0 Å². The molecule has 0 bridgehead atoms. The summed E-state index contributed by atoms with van der Waals surface area (Å²) in [6.45, 7) is 7.36. The van der Waals surface area contributed by atoms with Gasteiger partial charge in [-0.05, 0) is 26.0 Å². The molecular weight excluding hydrogens is 314 g/mol. The first-order valence-electron chi connectivity index (χ1n) is 7.71. The van der Waals surface area contributed by atoms with Gasteiger partial charge in [0.2, 0.25) is 0 Å². The molecule has 0 saturated carbocycles. The minimum atomic E-state index is -0.0773. The van der Waals surface area contributed by atoms with Crippen LogP contribution >= 0.6 is 11.3 Å². The highest BCUT2D eigenvalue weighted by atomic mass is 32.1. The van der Waals surface area contributed by atoms with Gasteiger partial charge in [-0.3, -0.25) is 9.69 Å². The van der Waals surface area contributed by atoms with Crippen molar-refractivity contribution in [1.29, 1.82) is 0 Å². The van der Waals surface area contributed by atoms with E-state index in [-0.39, 0.29) is 11.9 Å². The number of carbonyl (C=O) groups is 1. The third-order valence-electron chi connectivity index (χ3n) is 3.98. The molecule has 0 aromatic carbocycles. The van der Waals surface area contributed by atoms with Crippen LogP contribution in [0, 0.1) is 13.8 Å². The lowest BCUT2D eigenvalue weighted by molar-refractivity contribution is 0.0117. The van der Waals surface area contributed by atoms with Crippen LogP contribution in [0.1, 0.15) is 32.9 Å². The second-order valence-electron chi connectivity index (χ2n) is 5.59. The van der Waals surface area contributed by atoms with Crippen LogP contribution in [0.15, 0.2) is 22.1 Å². The van der Waals surface area contributed by atoms with Gasteiger partial charge < -0.3 is 14.5 Å². The van der Waals surface area contributed by atoms with E-state index >= 15 is 0 Å². The standard InChI is InChI=1S/C16H21N3O3S/c1-11-3-4-14(22-11)13(19-5-7-21-8-6-19)9-17-16(20)15-12(2)18-10-23-15/h3-4,10,13H,5-9H2,1-2H3,(H,17,20)/t13-/m1/s1. The highest BCUT2D eigenvalue weighted by Gasteiger charge is 2.26. The Bertz CT molecular complexity index is 661. The number of thiazole rings is 1. The lowest BCUT2D eigenvalue weighted by Crippen LogP contribution is -2.43. The van der Waals surface area contributed by atoms with E-state index < -0.39 is 0 Å². The summed E-state index contributed by atoms with van der Waals surface area (Å²) < 4.78 is 11.2. The maximum absolute atomic E-state index is 12.3. The van der Waals surface area contributed by atoms with Crippen molar-refractivity contribution in [3.05, 3.63) is 39.7 Å². The molecule has 3 heterocycles. The number of ether oxygens (including phenoxy) is 1. The van der Waals surface area contributed by atoms with Crippen LogP contribution in [-0.4, -0.2) is 48.6 Å². The zero-order valence-corrected chi connectivity index (χ0v) is 14.2. The van der Waals surface area contributed by atoms with Gasteiger partial charge in [0, 0.05) is 19.6 Å². The maximum Gasteiger partial charge on any atom is 0.263 e. The molecule has 1 atom stereocenters. The first-order valence-corrected chi connectivity index (χ1v) is 8.59. The number of carbonyl (C=O) groups excluding carboxylic acids is 1. The summed E-state index contributed by atoms with van der Waals surface area (Å²) in [6, 6.07) is 3.96. The maximum atomic E-state index is 12.3. The van der Waals surface area contributed by atoms with E-state index in [0.29, 0.717) is 24.6 Å². The Morgan fingerprint density at radius 2 is 2.17 bits per heavy atom. The van der Waals surface area contributed by atoms with Crippen LogP contribution in [0.3, 0.4) is 0 Å². The molecule has 0 spiro atoms. The van der Waals surface area contributed by atoms with Gasteiger partial charge in [0.15, 0.2) is 0 Å². The predicted molar refractivity (Wildman–Crippen MR) is 87.8 cm³/mol. The molecular formula is C16H21N3O3S. The molecule has 1 amide bonds. The predicted octanol–water partition coefficient (Wildman–Crippen LogP) is 2.16. The zero-order chi connectivity index (χ0) is 16.2. The third kappa shape index (κ3) is 3.80. The van der Waals surface area contributed by atoms with E-state index in [1.807, 2.05) is 26.0 Å². The van der Waals surface area contributed by atoms with Crippen LogP contribution in [0.5, 0.6) is 0 Å². The summed E-state index contributed by atoms with van der Waals surface area (Å²) in [7, 11) is 0. The molecule has 2 aromatic heterocycles. The summed E-state index contributed by atoms with van der Waals surface area (Å²) in [4.78, 5) is 19.4. The second-order valence-corrected chi connectivity index (χ2v) is 6.44. The van der Waals surface area contributed by atoms with E-state index in [1.165, 1.54) is 11.3 Å². The van der Waals surface area contributed by atoms with Gasteiger partial charge >= 0.3 is 0 Å². The number of nitrogens with one attached hydrogen (secondary N) is 1. The van der Waals surface area contributed by atoms with Crippen LogP contribution in [0.25, 0.3) is 0 Å². The van der Waals surface area contributed by atoms with E-state index in [9.17, 15) is 4.79 Å². The molecule has 0 unspecified atom stereocenters. The van der Waals surface area contributed by atoms with Crippen molar-refractivity contribution in [1.82, 2.24) is 15.2 Å². The number of aryl methyl sites for hydroxylation is 2. The van der Waals surface area contributed by atoms with Crippen LogP contribution in [0.4, 0.5) is 0 Å². The van der Waals surface area contributed by atoms with E-state index in [1.54, 1.807) is 5.51 Å². The van der Waals surface area contributed by atoms with Gasteiger partial charge in [0.05, 0.1) is 30.5 Å². The Kier molecular flexibility index (Phi) is 5.09. The number of furan rings is 1. The number of rotatable bonds is 5. The summed E-state index contributed by atoms with van der Waals surface area (Å²) in [6.07, 6.45) is 0. The Morgan fingerprint density at radius 1 is 1.39 bits per heavy atom. The summed E-state index contributed by atoms with van der Waals surface area (Å²) in [5.74, 6) is 1.68. The number of amides is 1. The smallest absolute Gasteiger partial charge is 0.263 e.